The minimum absolute atomic E-state index is 0.193. The second-order valence-electron chi connectivity index (χ2n) is 6.72. The Morgan fingerprint density at radius 2 is 1.67 bits per heavy atom. The Morgan fingerprint density at radius 1 is 1.00 bits per heavy atom. The van der Waals surface area contributed by atoms with E-state index in [0.717, 1.165) is 37.2 Å². The number of carbonyl (C=O) groups is 1. The van der Waals surface area contributed by atoms with Gasteiger partial charge in [-0.3, -0.25) is 15.1 Å². The SMILES string of the molecule is Cc1cc(Sc2ccc(Cl)cc2)cc(C)c1-c1csc(NC(=O)c2ccncc2)n1. The fourth-order valence-electron chi connectivity index (χ4n) is 3.14. The number of nitrogens with zero attached hydrogens (tertiary/aromatic N) is 2. The number of rotatable bonds is 5. The van der Waals surface area contributed by atoms with Crippen molar-refractivity contribution in [3.8, 4) is 11.3 Å². The van der Waals surface area contributed by atoms with Crippen LogP contribution in [0.25, 0.3) is 11.3 Å². The van der Waals surface area contributed by atoms with E-state index >= 15 is 0 Å². The molecular formula is C23H18ClN3OS2. The lowest BCUT2D eigenvalue weighted by Gasteiger charge is -2.11. The van der Waals surface area contributed by atoms with E-state index in [1.165, 1.54) is 11.3 Å². The lowest BCUT2D eigenvalue weighted by atomic mass is 10.0. The highest BCUT2D eigenvalue weighted by Crippen LogP contribution is 2.36. The van der Waals surface area contributed by atoms with E-state index in [-0.39, 0.29) is 5.91 Å². The van der Waals surface area contributed by atoms with Gasteiger partial charge >= 0.3 is 0 Å². The molecule has 2 aromatic carbocycles. The number of benzene rings is 2. The Kier molecular flexibility index (Phi) is 6.18. The van der Waals surface area contributed by atoms with Gasteiger partial charge in [-0.2, -0.15) is 0 Å². The summed E-state index contributed by atoms with van der Waals surface area (Å²) in [5.74, 6) is -0.193. The van der Waals surface area contributed by atoms with Crippen LogP contribution in [0.2, 0.25) is 5.02 Å². The number of hydrogen-bond acceptors (Lipinski definition) is 5. The maximum Gasteiger partial charge on any atom is 0.257 e. The van der Waals surface area contributed by atoms with Crippen LogP contribution in [-0.4, -0.2) is 15.9 Å². The third-order valence-electron chi connectivity index (χ3n) is 4.48. The molecule has 0 atom stereocenters. The molecule has 7 heteroatoms. The van der Waals surface area contributed by atoms with Crippen molar-refractivity contribution in [2.75, 3.05) is 5.32 Å². The van der Waals surface area contributed by atoms with Gasteiger partial charge in [-0.15, -0.1) is 11.3 Å². The molecule has 0 bridgehead atoms. The number of halogens is 1. The number of hydrogen-bond donors (Lipinski definition) is 1. The van der Waals surface area contributed by atoms with Crippen LogP contribution in [0, 0.1) is 13.8 Å². The number of pyridine rings is 1. The molecule has 2 heterocycles. The largest absolute Gasteiger partial charge is 0.298 e. The zero-order valence-corrected chi connectivity index (χ0v) is 18.7. The van der Waals surface area contributed by atoms with Crippen molar-refractivity contribution >= 4 is 45.7 Å². The van der Waals surface area contributed by atoms with Crippen LogP contribution in [0.15, 0.2) is 76.1 Å². The Balaban J connectivity index is 1.54. The normalized spacial score (nSPS) is 10.8. The predicted molar refractivity (Wildman–Crippen MR) is 125 cm³/mol. The van der Waals surface area contributed by atoms with Gasteiger partial charge in [0.2, 0.25) is 0 Å². The van der Waals surface area contributed by atoms with E-state index in [0.29, 0.717) is 10.7 Å². The first-order chi connectivity index (χ1) is 14.5. The molecule has 0 saturated heterocycles. The van der Waals surface area contributed by atoms with Crippen LogP contribution in [0.1, 0.15) is 21.5 Å². The number of amides is 1. The van der Waals surface area contributed by atoms with Gasteiger partial charge in [-0.25, -0.2) is 4.98 Å². The number of carbonyl (C=O) groups excluding carboxylic acids is 1. The third kappa shape index (κ3) is 4.73. The first-order valence-corrected chi connectivity index (χ1v) is 11.3. The van der Waals surface area contributed by atoms with Crippen LogP contribution in [-0.2, 0) is 0 Å². The minimum Gasteiger partial charge on any atom is -0.298 e. The lowest BCUT2D eigenvalue weighted by molar-refractivity contribution is 0.102. The number of aromatic nitrogens is 2. The molecule has 0 saturated carbocycles. The average molecular weight is 452 g/mol. The molecule has 2 aromatic heterocycles. The topological polar surface area (TPSA) is 54.9 Å². The fourth-order valence-corrected chi connectivity index (χ4v) is 4.98. The average Bonchev–Trinajstić information content (AvgIpc) is 3.18. The highest BCUT2D eigenvalue weighted by atomic mass is 35.5. The monoisotopic (exact) mass is 451 g/mol. The maximum absolute atomic E-state index is 12.3. The summed E-state index contributed by atoms with van der Waals surface area (Å²) in [5, 5.41) is 6.15. The van der Waals surface area contributed by atoms with Crippen LogP contribution in [0.4, 0.5) is 5.13 Å². The van der Waals surface area contributed by atoms with E-state index in [9.17, 15) is 4.79 Å². The Bertz CT molecular complexity index is 1170. The first-order valence-electron chi connectivity index (χ1n) is 9.21. The van der Waals surface area contributed by atoms with Crippen molar-refractivity contribution in [1.82, 2.24) is 9.97 Å². The van der Waals surface area contributed by atoms with Crippen molar-refractivity contribution < 1.29 is 4.79 Å². The van der Waals surface area contributed by atoms with E-state index in [1.807, 2.05) is 29.6 Å². The summed E-state index contributed by atoms with van der Waals surface area (Å²) in [7, 11) is 0. The quantitative estimate of drug-likeness (QED) is 0.359. The fraction of sp³-hybridized carbons (Fsp3) is 0.0870. The summed E-state index contributed by atoms with van der Waals surface area (Å²) >= 11 is 9.10. The van der Waals surface area contributed by atoms with E-state index in [1.54, 1.807) is 36.3 Å². The van der Waals surface area contributed by atoms with Gasteiger partial charge in [0.25, 0.3) is 5.91 Å². The summed E-state index contributed by atoms with van der Waals surface area (Å²) in [6.07, 6.45) is 3.19. The van der Waals surface area contributed by atoms with Crippen LogP contribution in [0.3, 0.4) is 0 Å². The minimum atomic E-state index is -0.193. The first kappa shape index (κ1) is 20.6. The molecular weight excluding hydrogens is 434 g/mol. The third-order valence-corrected chi connectivity index (χ3v) is 6.47. The van der Waals surface area contributed by atoms with Crippen molar-refractivity contribution in [3.05, 3.63) is 88.0 Å². The van der Waals surface area contributed by atoms with Gasteiger partial charge in [0, 0.05) is 43.7 Å². The summed E-state index contributed by atoms with van der Waals surface area (Å²) in [6.45, 7) is 4.17. The second-order valence-corrected chi connectivity index (χ2v) is 9.16. The highest BCUT2D eigenvalue weighted by molar-refractivity contribution is 7.99. The molecule has 4 aromatic rings. The summed E-state index contributed by atoms with van der Waals surface area (Å²) < 4.78 is 0. The molecule has 0 spiro atoms. The molecule has 1 N–H and O–H groups in total. The van der Waals surface area contributed by atoms with Gasteiger partial charge in [-0.05, 0) is 73.5 Å². The van der Waals surface area contributed by atoms with Crippen molar-refractivity contribution in [3.63, 3.8) is 0 Å². The van der Waals surface area contributed by atoms with Crippen molar-refractivity contribution in [1.29, 1.82) is 0 Å². The number of anilines is 1. The number of aryl methyl sites for hydroxylation is 2. The molecule has 0 unspecified atom stereocenters. The molecule has 30 heavy (non-hydrogen) atoms. The maximum atomic E-state index is 12.3. The summed E-state index contributed by atoms with van der Waals surface area (Å²) in [4.78, 5) is 23.2. The van der Waals surface area contributed by atoms with E-state index in [2.05, 4.69) is 41.3 Å². The Labute approximate surface area is 188 Å². The molecule has 0 aliphatic heterocycles. The van der Waals surface area contributed by atoms with Gasteiger partial charge in [0.1, 0.15) is 0 Å². The molecule has 4 rings (SSSR count). The van der Waals surface area contributed by atoms with Crippen LogP contribution >= 0.6 is 34.7 Å². The lowest BCUT2D eigenvalue weighted by Crippen LogP contribution is -2.11. The van der Waals surface area contributed by atoms with Gasteiger partial charge < -0.3 is 0 Å². The van der Waals surface area contributed by atoms with E-state index < -0.39 is 0 Å². The molecule has 1 amide bonds. The van der Waals surface area contributed by atoms with Gasteiger partial charge in [0.05, 0.1) is 5.69 Å². The van der Waals surface area contributed by atoms with Gasteiger partial charge in [-0.1, -0.05) is 23.4 Å². The molecule has 150 valence electrons. The zero-order chi connectivity index (χ0) is 21.1. The Hall–Kier alpha value is -2.67. The number of nitrogens with one attached hydrogen (secondary N) is 1. The summed E-state index contributed by atoms with van der Waals surface area (Å²) in [5.41, 5.74) is 4.80. The van der Waals surface area contributed by atoms with Crippen molar-refractivity contribution in [2.24, 2.45) is 0 Å². The van der Waals surface area contributed by atoms with E-state index in [4.69, 9.17) is 11.6 Å². The van der Waals surface area contributed by atoms with Crippen molar-refractivity contribution in [2.45, 2.75) is 23.6 Å². The predicted octanol–water partition coefficient (Wildman–Crippen LogP) is 6.88. The molecule has 0 radical (unpaired) electrons. The van der Waals surface area contributed by atoms with Crippen LogP contribution < -0.4 is 5.32 Å². The summed E-state index contributed by atoms with van der Waals surface area (Å²) in [6, 6.07) is 15.5. The molecule has 0 aliphatic carbocycles. The second kappa shape index (κ2) is 9.00. The Morgan fingerprint density at radius 3 is 2.33 bits per heavy atom. The molecule has 0 aliphatic rings. The van der Waals surface area contributed by atoms with Crippen LogP contribution in [0.5, 0.6) is 0 Å². The highest BCUT2D eigenvalue weighted by Gasteiger charge is 2.14. The smallest absolute Gasteiger partial charge is 0.257 e. The zero-order valence-electron chi connectivity index (χ0n) is 16.3. The number of thiazole rings is 1. The van der Waals surface area contributed by atoms with Gasteiger partial charge in [0.15, 0.2) is 5.13 Å². The molecule has 4 nitrogen and oxygen atoms in total. The molecule has 0 fully saturated rings. The standard InChI is InChI=1S/C23H18ClN3OS2/c1-14-11-19(30-18-5-3-17(24)4-6-18)12-15(2)21(14)20-13-29-23(26-20)27-22(28)16-7-9-25-10-8-16/h3-13H,1-2H3,(H,26,27,28).